The molecular weight excluding hydrogens is 428 g/mol. The Kier molecular flexibility index (Phi) is 5.42. The third-order valence-electron chi connectivity index (χ3n) is 5.64. The maximum atomic E-state index is 12.7. The van der Waals surface area contributed by atoms with Crippen molar-refractivity contribution in [3.63, 3.8) is 0 Å². The summed E-state index contributed by atoms with van der Waals surface area (Å²) in [4.78, 5) is 12.9. The molecule has 0 spiro atoms. The van der Waals surface area contributed by atoms with Crippen LogP contribution < -0.4 is 5.32 Å². The van der Waals surface area contributed by atoms with Gasteiger partial charge in [-0.3, -0.25) is 4.79 Å². The molecule has 1 fully saturated rings. The lowest BCUT2D eigenvalue weighted by atomic mass is 10.0. The largest absolute Gasteiger partial charge is 0.464 e. The number of carbonyl (C=O) groups is 1. The second-order valence-corrected chi connectivity index (χ2v) is 9.62. The molecule has 0 aliphatic carbocycles. The van der Waals surface area contributed by atoms with Crippen molar-refractivity contribution in [3.8, 4) is 0 Å². The van der Waals surface area contributed by atoms with Crippen LogP contribution in [0.2, 0.25) is 0 Å². The second-order valence-electron chi connectivity index (χ2n) is 7.69. The molecular formula is C24H22N2O5S. The highest BCUT2D eigenvalue weighted by atomic mass is 32.2. The highest BCUT2D eigenvalue weighted by molar-refractivity contribution is 7.89. The SMILES string of the molecule is O=C(Cc1coc2ccc3ccccc3c12)Nc1ccc(S(=O)(=O)N2CCOCC2)cc1. The molecule has 0 unspecified atom stereocenters. The number of nitrogens with one attached hydrogen (secondary N) is 1. The van der Waals surface area contributed by atoms with Crippen molar-refractivity contribution in [1.82, 2.24) is 4.31 Å². The summed E-state index contributed by atoms with van der Waals surface area (Å²) in [5.41, 5.74) is 2.08. The lowest BCUT2D eigenvalue weighted by Gasteiger charge is -2.26. The van der Waals surface area contributed by atoms with Crippen molar-refractivity contribution in [2.45, 2.75) is 11.3 Å². The van der Waals surface area contributed by atoms with Crippen molar-refractivity contribution < 1.29 is 22.4 Å². The van der Waals surface area contributed by atoms with E-state index in [0.717, 1.165) is 27.3 Å². The van der Waals surface area contributed by atoms with E-state index in [2.05, 4.69) is 5.32 Å². The average molecular weight is 451 g/mol. The summed E-state index contributed by atoms with van der Waals surface area (Å²) in [6.45, 7) is 1.47. The van der Waals surface area contributed by atoms with E-state index in [9.17, 15) is 13.2 Å². The number of ether oxygens (including phenoxy) is 1. The number of fused-ring (bicyclic) bond motifs is 3. The minimum absolute atomic E-state index is 0.148. The normalized spacial score (nSPS) is 15.2. The van der Waals surface area contributed by atoms with Gasteiger partial charge in [-0.25, -0.2) is 8.42 Å². The van der Waals surface area contributed by atoms with Gasteiger partial charge in [0.2, 0.25) is 15.9 Å². The Morgan fingerprint density at radius 1 is 0.969 bits per heavy atom. The zero-order valence-corrected chi connectivity index (χ0v) is 18.1. The van der Waals surface area contributed by atoms with Crippen LogP contribution in [0.15, 0.2) is 76.2 Å². The Bertz CT molecular complexity index is 1390. The number of hydrogen-bond acceptors (Lipinski definition) is 5. The van der Waals surface area contributed by atoms with Gasteiger partial charge in [0.1, 0.15) is 5.58 Å². The summed E-state index contributed by atoms with van der Waals surface area (Å²) in [5, 5.41) is 5.90. The molecule has 1 amide bonds. The van der Waals surface area contributed by atoms with Gasteiger partial charge in [0.25, 0.3) is 0 Å². The van der Waals surface area contributed by atoms with Gasteiger partial charge < -0.3 is 14.5 Å². The zero-order chi connectivity index (χ0) is 22.1. The minimum atomic E-state index is -3.57. The van der Waals surface area contributed by atoms with Gasteiger partial charge >= 0.3 is 0 Å². The third kappa shape index (κ3) is 3.88. The first-order valence-corrected chi connectivity index (χ1v) is 11.8. The highest BCUT2D eigenvalue weighted by Crippen LogP contribution is 2.30. The number of furan rings is 1. The summed E-state index contributed by atoms with van der Waals surface area (Å²) in [7, 11) is -3.57. The number of hydrogen-bond donors (Lipinski definition) is 1. The van der Waals surface area contributed by atoms with Crippen LogP contribution in [0.5, 0.6) is 0 Å². The maximum absolute atomic E-state index is 12.7. The molecule has 164 valence electrons. The van der Waals surface area contributed by atoms with Crippen LogP contribution in [0, 0.1) is 0 Å². The molecule has 1 aliphatic heterocycles. The first kappa shape index (κ1) is 20.7. The van der Waals surface area contributed by atoms with Gasteiger partial charge in [-0.15, -0.1) is 0 Å². The van der Waals surface area contributed by atoms with Crippen molar-refractivity contribution in [1.29, 1.82) is 0 Å². The molecule has 0 saturated carbocycles. The fraction of sp³-hybridized carbons (Fsp3) is 0.208. The number of morpholine rings is 1. The summed E-state index contributed by atoms with van der Waals surface area (Å²) in [6, 6.07) is 18.1. The molecule has 32 heavy (non-hydrogen) atoms. The van der Waals surface area contributed by atoms with Crippen LogP contribution in [0.4, 0.5) is 5.69 Å². The monoisotopic (exact) mass is 450 g/mol. The molecule has 4 aromatic rings. The van der Waals surface area contributed by atoms with Crippen LogP contribution in [0.25, 0.3) is 21.7 Å². The third-order valence-corrected chi connectivity index (χ3v) is 7.55. The van der Waals surface area contributed by atoms with Gasteiger partial charge in [0, 0.05) is 29.7 Å². The molecule has 8 heteroatoms. The van der Waals surface area contributed by atoms with Crippen molar-refractivity contribution in [2.24, 2.45) is 0 Å². The van der Waals surface area contributed by atoms with Crippen LogP contribution >= 0.6 is 0 Å². The van der Waals surface area contributed by atoms with E-state index in [1.807, 2.05) is 36.4 Å². The summed E-state index contributed by atoms with van der Waals surface area (Å²) >= 11 is 0. The van der Waals surface area contributed by atoms with Gasteiger partial charge in [0.15, 0.2) is 0 Å². The Balaban J connectivity index is 1.32. The molecule has 1 aromatic heterocycles. The van der Waals surface area contributed by atoms with Crippen LogP contribution in [-0.4, -0.2) is 44.9 Å². The highest BCUT2D eigenvalue weighted by Gasteiger charge is 2.26. The number of sulfonamides is 1. The van der Waals surface area contributed by atoms with Gasteiger partial charge in [-0.2, -0.15) is 4.31 Å². The van der Waals surface area contributed by atoms with E-state index in [4.69, 9.17) is 9.15 Å². The van der Waals surface area contributed by atoms with Gasteiger partial charge in [0.05, 0.1) is 30.8 Å². The lowest BCUT2D eigenvalue weighted by Crippen LogP contribution is -2.40. The molecule has 0 bridgehead atoms. The van der Waals surface area contributed by atoms with Gasteiger partial charge in [-0.05, 0) is 41.1 Å². The van der Waals surface area contributed by atoms with Crippen molar-refractivity contribution >= 4 is 43.4 Å². The van der Waals surface area contributed by atoms with E-state index < -0.39 is 10.0 Å². The van der Waals surface area contributed by atoms with E-state index in [0.29, 0.717) is 32.0 Å². The number of amides is 1. The van der Waals surface area contributed by atoms with Crippen LogP contribution in [0.1, 0.15) is 5.56 Å². The number of carbonyl (C=O) groups excluding carboxylic acids is 1. The Hall–Kier alpha value is -3.20. The molecule has 1 N–H and O–H groups in total. The molecule has 1 saturated heterocycles. The maximum Gasteiger partial charge on any atom is 0.243 e. The molecule has 7 nitrogen and oxygen atoms in total. The van der Waals surface area contributed by atoms with Gasteiger partial charge in [-0.1, -0.05) is 30.3 Å². The van der Waals surface area contributed by atoms with E-state index in [1.54, 1.807) is 18.4 Å². The average Bonchev–Trinajstić information content (AvgIpc) is 3.23. The minimum Gasteiger partial charge on any atom is -0.464 e. The second kappa shape index (κ2) is 8.38. The zero-order valence-electron chi connectivity index (χ0n) is 17.3. The first-order valence-electron chi connectivity index (χ1n) is 10.4. The summed E-state index contributed by atoms with van der Waals surface area (Å²) in [6.07, 6.45) is 1.77. The standard InChI is InChI=1S/C24H22N2O5S/c27-23(15-18-16-31-22-10-5-17-3-1-2-4-21(17)24(18)22)25-19-6-8-20(9-7-19)32(28,29)26-11-13-30-14-12-26/h1-10,16H,11-15H2,(H,25,27). The smallest absolute Gasteiger partial charge is 0.243 e. The number of benzene rings is 3. The Morgan fingerprint density at radius 3 is 2.50 bits per heavy atom. The predicted octanol–water partition coefficient (Wildman–Crippen LogP) is 3.79. The van der Waals surface area contributed by atoms with E-state index >= 15 is 0 Å². The Morgan fingerprint density at radius 2 is 1.72 bits per heavy atom. The lowest BCUT2D eigenvalue weighted by molar-refractivity contribution is -0.115. The summed E-state index contributed by atoms with van der Waals surface area (Å²) < 4.78 is 37.8. The molecule has 2 heterocycles. The summed E-state index contributed by atoms with van der Waals surface area (Å²) in [5.74, 6) is -0.204. The van der Waals surface area contributed by atoms with Crippen LogP contribution in [0.3, 0.4) is 0 Å². The fourth-order valence-corrected chi connectivity index (χ4v) is 5.44. The molecule has 0 atom stereocenters. The molecule has 3 aromatic carbocycles. The molecule has 0 radical (unpaired) electrons. The topological polar surface area (TPSA) is 88.8 Å². The number of rotatable bonds is 5. The predicted molar refractivity (Wildman–Crippen MR) is 122 cm³/mol. The molecule has 5 rings (SSSR count). The van der Waals surface area contributed by atoms with E-state index in [1.165, 1.54) is 16.4 Å². The fourth-order valence-electron chi connectivity index (χ4n) is 4.03. The quantitative estimate of drug-likeness (QED) is 0.500. The van der Waals surface area contributed by atoms with Crippen molar-refractivity contribution in [3.05, 3.63) is 72.5 Å². The van der Waals surface area contributed by atoms with E-state index in [-0.39, 0.29) is 17.2 Å². The first-order chi connectivity index (χ1) is 15.5. The molecule has 1 aliphatic rings. The number of nitrogens with zero attached hydrogens (tertiary/aromatic N) is 1. The van der Waals surface area contributed by atoms with Crippen molar-refractivity contribution in [2.75, 3.05) is 31.6 Å². The Labute approximate surface area is 185 Å². The number of anilines is 1. The van der Waals surface area contributed by atoms with Crippen LogP contribution in [-0.2, 0) is 26.0 Å².